The first-order valence-corrected chi connectivity index (χ1v) is 7.11. The lowest BCUT2D eigenvalue weighted by Gasteiger charge is -2.17. The molecular formula is C15H21N3O4. The van der Waals surface area contributed by atoms with Gasteiger partial charge in [-0.15, -0.1) is 0 Å². The fourth-order valence-electron chi connectivity index (χ4n) is 2.32. The van der Waals surface area contributed by atoms with Crippen LogP contribution in [0.4, 0.5) is 10.5 Å². The highest BCUT2D eigenvalue weighted by Crippen LogP contribution is 2.24. The molecule has 0 spiro atoms. The third-order valence-electron chi connectivity index (χ3n) is 3.44. The second kappa shape index (κ2) is 7.65. The number of carbonyl (C=O) groups is 2. The van der Waals surface area contributed by atoms with E-state index in [9.17, 15) is 9.59 Å². The van der Waals surface area contributed by atoms with Gasteiger partial charge in [0.05, 0.1) is 19.8 Å². The number of ether oxygens (including phenoxy) is 2. The van der Waals surface area contributed by atoms with E-state index in [0.29, 0.717) is 26.1 Å². The van der Waals surface area contributed by atoms with Crippen molar-refractivity contribution in [1.29, 1.82) is 0 Å². The molecule has 0 aromatic heterocycles. The molecule has 0 radical (unpaired) electrons. The first-order chi connectivity index (χ1) is 10.6. The van der Waals surface area contributed by atoms with Gasteiger partial charge in [-0.3, -0.25) is 4.79 Å². The molecule has 0 saturated carbocycles. The van der Waals surface area contributed by atoms with Crippen molar-refractivity contribution in [2.75, 3.05) is 38.8 Å². The Labute approximate surface area is 129 Å². The van der Waals surface area contributed by atoms with Crippen LogP contribution in [0.2, 0.25) is 0 Å². The number of anilines is 1. The lowest BCUT2D eigenvalue weighted by molar-refractivity contribution is -0.117. The first-order valence-electron chi connectivity index (χ1n) is 7.11. The number of amides is 3. The lowest BCUT2D eigenvalue weighted by Crippen LogP contribution is -2.44. The molecule has 1 aromatic carbocycles. The summed E-state index contributed by atoms with van der Waals surface area (Å²) in [4.78, 5) is 25.4. The van der Waals surface area contributed by atoms with Crippen LogP contribution in [0.3, 0.4) is 0 Å². The van der Waals surface area contributed by atoms with E-state index in [2.05, 4.69) is 10.6 Å². The summed E-state index contributed by atoms with van der Waals surface area (Å²) < 4.78 is 9.96. The van der Waals surface area contributed by atoms with Gasteiger partial charge in [0.1, 0.15) is 5.75 Å². The Morgan fingerprint density at radius 3 is 2.68 bits per heavy atom. The van der Waals surface area contributed by atoms with Crippen LogP contribution in [0.25, 0.3) is 0 Å². The minimum atomic E-state index is -0.286. The van der Waals surface area contributed by atoms with E-state index in [1.54, 1.807) is 31.3 Å². The molecular weight excluding hydrogens is 286 g/mol. The standard InChI is InChI=1S/C15H21N3O4/c1-21-8-7-16-15(20)17-11-9-14(19)18(10-11)12-3-5-13(22-2)6-4-12/h3-6,11H,7-10H2,1-2H3,(H2,16,17,20)/t11-/m1/s1. The van der Waals surface area contributed by atoms with E-state index in [-0.39, 0.29) is 18.0 Å². The van der Waals surface area contributed by atoms with Gasteiger partial charge < -0.3 is 25.0 Å². The normalized spacial score (nSPS) is 17.5. The second-order valence-electron chi connectivity index (χ2n) is 5.00. The van der Waals surface area contributed by atoms with Gasteiger partial charge in [-0.25, -0.2) is 4.79 Å². The molecule has 0 aliphatic carbocycles. The molecule has 120 valence electrons. The molecule has 1 fully saturated rings. The highest BCUT2D eigenvalue weighted by Gasteiger charge is 2.31. The summed E-state index contributed by atoms with van der Waals surface area (Å²) in [7, 11) is 3.17. The summed E-state index contributed by atoms with van der Waals surface area (Å²) in [5.41, 5.74) is 0.801. The maximum atomic E-state index is 12.1. The summed E-state index contributed by atoms with van der Waals surface area (Å²) in [6.07, 6.45) is 0.295. The number of urea groups is 1. The van der Waals surface area contributed by atoms with Gasteiger partial charge in [0.15, 0.2) is 0 Å². The smallest absolute Gasteiger partial charge is 0.315 e. The van der Waals surface area contributed by atoms with E-state index in [1.165, 1.54) is 0 Å². The first kappa shape index (κ1) is 16.1. The van der Waals surface area contributed by atoms with Crippen molar-refractivity contribution in [3.63, 3.8) is 0 Å². The number of carbonyl (C=O) groups excluding carboxylic acids is 2. The van der Waals surface area contributed by atoms with Gasteiger partial charge in [-0.05, 0) is 24.3 Å². The molecule has 1 aromatic rings. The zero-order valence-corrected chi connectivity index (χ0v) is 12.8. The number of hydrogen-bond acceptors (Lipinski definition) is 4. The number of methoxy groups -OCH3 is 2. The number of hydrogen-bond donors (Lipinski definition) is 2. The average molecular weight is 307 g/mol. The number of nitrogens with one attached hydrogen (secondary N) is 2. The maximum absolute atomic E-state index is 12.1. The van der Waals surface area contributed by atoms with E-state index < -0.39 is 0 Å². The molecule has 3 amide bonds. The third kappa shape index (κ3) is 4.11. The fraction of sp³-hybridized carbons (Fsp3) is 0.467. The van der Waals surface area contributed by atoms with Crippen molar-refractivity contribution in [3.05, 3.63) is 24.3 Å². The van der Waals surface area contributed by atoms with Crippen molar-refractivity contribution in [3.8, 4) is 5.75 Å². The Morgan fingerprint density at radius 1 is 1.32 bits per heavy atom. The Bertz CT molecular complexity index is 518. The summed E-state index contributed by atoms with van der Waals surface area (Å²) in [6, 6.07) is 6.79. The summed E-state index contributed by atoms with van der Waals surface area (Å²) in [6.45, 7) is 1.35. The van der Waals surface area contributed by atoms with Crippen molar-refractivity contribution < 1.29 is 19.1 Å². The van der Waals surface area contributed by atoms with Gasteiger partial charge in [0.25, 0.3) is 0 Å². The van der Waals surface area contributed by atoms with Crippen LogP contribution >= 0.6 is 0 Å². The van der Waals surface area contributed by atoms with E-state index in [4.69, 9.17) is 9.47 Å². The van der Waals surface area contributed by atoms with Crippen LogP contribution in [-0.4, -0.2) is 51.9 Å². The van der Waals surface area contributed by atoms with Crippen molar-refractivity contribution >= 4 is 17.6 Å². The highest BCUT2D eigenvalue weighted by atomic mass is 16.5. The van der Waals surface area contributed by atoms with Crippen LogP contribution in [0.1, 0.15) is 6.42 Å². The Morgan fingerprint density at radius 2 is 2.05 bits per heavy atom. The summed E-state index contributed by atoms with van der Waals surface area (Å²) in [5.74, 6) is 0.731. The van der Waals surface area contributed by atoms with Gasteiger partial charge >= 0.3 is 6.03 Å². The van der Waals surface area contributed by atoms with Gasteiger partial charge in [-0.2, -0.15) is 0 Å². The van der Waals surface area contributed by atoms with Crippen LogP contribution < -0.4 is 20.3 Å². The van der Waals surface area contributed by atoms with Gasteiger partial charge in [-0.1, -0.05) is 0 Å². The largest absolute Gasteiger partial charge is 0.497 e. The topological polar surface area (TPSA) is 79.9 Å². The van der Waals surface area contributed by atoms with Crippen LogP contribution in [0, 0.1) is 0 Å². The predicted octanol–water partition coefficient (Wildman–Crippen LogP) is 0.746. The molecule has 7 heteroatoms. The molecule has 7 nitrogen and oxygen atoms in total. The SMILES string of the molecule is COCCNC(=O)N[C@@H]1CC(=O)N(c2ccc(OC)cc2)C1. The number of rotatable bonds is 6. The zero-order chi connectivity index (χ0) is 15.9. The Balaban J connectivity index is 1.88. The maximum Gasteiger partial charge on any atom is 0.315 e. The summed E-state index contributed by atoms with van der Waals surface area (Å²) >= 11 is 0. The van der Waals surface area contributed by atoms with Crippen LogP contribution in [-0.2, 0) is 9.53 Å². The van der Waals surface area contributed by atoms with E-state index in [1.807, 2.05) is 12.1 Å². The zero-order valence-electron chi connectivity index (χ0n) is 12.8. The molecule has 2 rings (SSSR count). The molecule has 1 heterocycles. The third-order valence-corrected chi connectivity index (χ3v) is 3.44. The minimum Gasteiger partial charge on any atom is -0.497 e. The monoisotopic (exact) mass is 307 g/mol. The molecule has 1 atom stereocenters. The quantitative estimate of drug-likeness (QED) is 0.760. The van der Waals surface area contributed by atoms with Crippen molar-refractivity contribution in [2.24, 2.45) is 0 Å². The molecule has 1 saturated heterocycles. The average Bonchev–Trinajstić information content (AvgIpc) is 2.88. The second-order valence-corrected chi connectivity index (χ2v) is 5.00. The van der Waals surface area contributed by atoms with Crippen LogP contribution in [0.5, 0.6) is 5.75 Å². The molecule has 0 bridgehead atoms. The summed E-state index contributed by atoms with van der Waals surface area (Å²) in [5, 5.41) is 5.47. The Kier molecular flexibility index (Phi) is 5.60. The molecule has 1 aliphatic rings. The van der Waals surface area contributed by atoms with E-state index in [0.717, 1.165) is 11.4 Å². The fourth-order valence-corrected chi connectivity index (χ4v) is 2.32. The van der Waals surface area contributed by atoms with Crippen molar-refractivity contribution in [1.82, 2.24) is 10.6 Å². The predicted molar refractivity (Wildman–Crippen MR) is 82.2 cm³/mol. The molecule has 22 heavy (non-hydrogen) atoms. The van der Waals surface area contributed by atoms with Crippen molar-refractivity contribution in [2.45, 2.75) is 12.5 Å². The van der Waals surface area contributed by atoms with Gasteiger partial charge in [0, 0.05) is 32.3 Å². The van der Waals surface area contributed by atoms with E-state index >= 15 is 0 Å². The lowest BCUT2D eigenvalue weighted by atomic mass is 10.2. The minimum absolute atomic E-state index is 0.00708. The van der Waals surface area contributed by atoms with Gasteiger partial charge in [0.2, 0.25) is 5.91 Å². The Hall–Kier alpha value is -2.28. The highest BCUT2D eigenvalue weighted by molar-refractivity contribution is 5.96. The molecule has 2 N–H and O–H groups in total. The molecule has 0 unspecified atom stereocenters. The number of benzene rings is 1. The van der Waals surface area contributed by atoms with Crippen LogP contribution in [0.15, 0.2) is 24.3 Å². The number of nitrogens with zero attached hydrogens (tertiary/aromatic N) is 1. The molecule has 1 aliphatic heterocycles.